The van der Waals surface area contributed by atoms with Crippen LogP contribution in [-0.2, 0) is 9.59 Å². The summed E-state index contributed by atoms with van der Waals surface area (Å²) in [7, 11) is 3.87. The zero-order valence-corrected chi connectivity index (χ0v) is 16.1. The highest BCUT2D eigenvalue weighted by atomic mass is 19.4. The van der Waals surface area contributed by atoms with E-state index in [-0.39, 0.29) is 11.4 Å². The summed E-state index contributed by atoms with van der Waals surface area (Å²) >= 11 is 0. The molecule has 1 saturated carbocycles. The lowest BCUT2D eigenvalue weighted by atomic mass is 9.75. The Kier molecular flexibility index (Phi) is 6.68. The second-order valence-corrected chi connectivity index (χ2v) is 7.18. The normalized spacial score (nSPS) is 15.0. The molecule has 158 valence electrons. The molecule has 1 aliphatic carbocycles. The van der Waals surface area contributed by atoms with E-state index in [2.05, 4.69) is 10.3 Å². The molecule has 0 aliphatic heterocycles. The number of para-hydroxylation sites is 1. The Morgan fingerprint density at radius 1 is 1.28 bits per heavy atom. The van der Waals surface area contributed by atoms with Gasteiger partial charge in [0.25, 0.3) is 0 Å². The minimum atomic E-state index is -5.08. The van der Waals surface area contributed by atoms with Crippen molar-refractivity contribution in [3.63, 3.8) is 0 Å². The quantitative estimate of drug-likeness (QED) is 0.712. The molecule has 1 fully saturated rings. The Labute approximate surface area is 165 Å². The molecule has 4 N–H and O–H groups in total. The van der Waals surface area contributed by atoms with Crippen molar-refractivity contribution in [3.05, 3.63) is 30.3 Å². The van der Waals surface area contributed by atoms with Crippen LogP contribution < -0.4 is 16.0 Å². The first-order valence-electron chi connectivity index (χ1n) is 8.87. The number of benzene rings is 1. The molecular weight excluding hydrogens is 389 g/mol. The van der Waals surface area contributed by atoms with E-state index in [1.54, 1.807) is 0 Å². The summed E-state index contributed by atoms with van der Waals surface area (Å²) < 4.78 is 31.7. The molecule has 29 heavy (non-hydrogen) atoms. The van der Waals surface area contributed by atoms with Crippen LogP contribution in [0.3, 0.4) is 0 Å². The third-order valence-electron chi connectivity index (χ3n) is 4.54. The molecule has 1 amide bonds. The Bertz CT molecular complexity index is 896. The lowest BCUT2D eigenvalue weighted by molar-refractivity contribution is -0.192. The van der Waals surface area contributed by atoms with Crippen LogP contribution in [0.25, 0.3) is 10.9 Å². The zero-order valence-electron chi connectivity index (χ0n) is 16.1. The van der Waals surface area contributed by atoms with Gasteiger partial charge in [0, 0.05) is 37.5 Å². The van der Waals surface area contributed by atoms with Gasteiger partial charge in [0.1, 0.15) is 5.82 Å². The minimum Gasteiger partial charge on any atom is -0.475 e. The molecule has 0 saturated heterocycles. The van der Waals surface area contributed by atoms with Gasteiger partial charge in [0.15, 0.2) is 0 Å². The van der Waals surface area contributed by atoms with Crippen molar-refractivity contribution in [2.75, 3.05) is 24.3 Å². The van der Waals surface area contributed by atoms with Gasteiger partial charge in [-0.1, -0.05) is 18.2 Å². The van der Waals surface area contributed by atoms with E-state index in [1.807, 2.05) is 49.3 Å². The number of aliphatic carboxylic acids is 1. The average Bonchev–Trinajstić information content (AvgIpc) is 2.59. The van der Waals surface area contributed by atoms with Gasteiger partial charge in [-0.05, 0) is 25.3 Å². The zero-order chi connectivity index (χ0) is 21.8. The molecule has 3 rings (SSSR count). The van der Waals surface area contributed by atoms with E-state index < -0.39 is 12.1 Å². The number of carbonyl (C=O) groups is 2. The molecule has 0 radical (unpaired) electrons. The third kappa shape index (κ3) is 6.05. The SMILES string of the molecule is CN(C)c1cc(NC(=O)CC2(N)CCC2)c2ccccc2n1.O=C(O)C(F)(F)F. The number of pyridine rings is 1. The predicted octanol–water partition coefficient (Wildman–Crippen LogP) is 3.14. The van der Waals surface area contributed by atoms with E-state index in [0.717, 1.165) is 41.7 Å². The van der Waals surface area contributed by atoms with Crippen LogP contribution in [0.15, 0.2) is 30.3 Å². The van der Waals surface area contributed by atoms with Crippen LogP contribution in [0.2, 0.25) is 0 Å². The number of carboxylic acid groups (broad SMARTS) is 1. The molecule has 1 aliphatic rings. The summed E-state index contributed by atoms with van der Waals surface area (Å²) in [4.78, 5) is 27.7. The fraction of sp³-hybridized carbons (Fsp3) is 0.421. The summed E-state index contributed by atoms with van der Waals surface area (Å²) in [5, 5.41) is 11.1. The number of nitrogens with one attached hydrogen (secondary N) is 1. The van der Waals surface area contributed by atoms with Crippen molar-refractivity contribution in [3.8, 4) is 0 Å². The molecular formula is C19H23F3N4O3. The second kappa shape index (κ2) is 8.64. The molecule has 1 aromatic carbocycles. The van der Waals surface area contributed by atoms with Crippen molar-refractivity contribution in [1.82, 2.24) is 4.98 Å². The van der Waals surface area contributed by atoms with Gasteiger partial charge in [-0.2, -0.15) is 13.2 Å². The van der Waals surface area contributed by atoms with E-state index in [0.29, 0.717) is 6.42 Å². The number of carboxylic acids is 1. The van der Waals surface area contributed by atoms with Gasteiger partial charge in [-0.3, -0.25) is 4.79 Å². The average molecular weight is 412 g/mol. The number of nitrogens with zero attached hydrogens (tertiary/aromatic N) is 2. The van der Waals surface area contributed by atoms with Gasteiger partial charge in [0.2, 0.25) is 5.91 Å². The van der Waals surface area contributed by atoms with Crippen molar-refractivity contribution in [1.29, 1.82) is 0 Å². The Balaban J connectivity index is 0.000000370. The summed E-state index contributed by atoms with van der Waals surface area (Å²) in [6, 6.07) is 9.73. The number of alkyl halides is 3. The lowest BCUT2D eigenvalue weighted by Crippen LogP contribution is -2.48. The van der Waals surface area contributed by atoms with Gasteiger partial charge in [-0.25, -0.2) is 9.78 Å². The monoisotopic (exact) mass is 412 g/mol. The van der Waals surface area contributed by atoms with Gasteiger partial charge < -0.3 is 21.1 Å². The van der Waals surface area contributed by atoms with Crippen LogP contribution >= 0.6 is 0 Å². The van der Waals surface area contributed by atoms with E-state index in [9.17, 15) is 18.0 Å². The standard InChI is InChI=1S/C17H22N4O.C2HF3O2/c1-21(2)15-10-14(12-6-3-4-7-13(12)19-15)20-16(22)11-17(18)8-5-9-17;3-2(4,5)1(6)7/h3-4,6-7,10H,5,8-9,11,18H2,1-2H3,(H,19,20,22);(H,6,7). The largest absolute Gasteiger partial charge is 0.490 e. The van der Waals surface area contributed by atoms with Crippen LogP contribution in [0.5, 0.6) is 0 Å². The lowest BCUT2D eigenvalue weighted by Gasteiger charge is -2.37. The maximum atomic E-state index is 12.3. The van der Waals surface area contributed by atoms with Gasteiger partial charge in [-0.15, -0.1) is 0 Å². The molecule has 0 atom stereocenters. The number of halogens is 3. The molecule has 10 heteroatoms. The first-order chi connectivity index (χ1) is 13.4. The number of rotatable bonds is 4. The fourth-order valence-electron chi connectivity index (χ4n) is 2.82. The summed E-state index contributed by atoms with van der Waals surface area (Å²) in [6.45, 7) is 0. The fourth-order valence-corrected chi connectivity index (χ4v) is 2.82. The highest BCUT2D eigenvalue weighted by Crippen LogP contribution is 2.33. The molecule has 7 nitrogen and oxygen atoms in total. The van der Waals surface area contributed by atoms with E-state index in [4.69, 9.17) is 15.6 Å². The number of carbonyl (C=O) groups excluding carboxylic acids is 1. The maximum absolute atomic E-state index is 12.3. The number of fused-ring (bicyclic) bond motifs is 1. The Morgan fingerprint density at radius 2 is 1.86 bits per heavy atom. The molecule has 1 heterocycles. The first-order valence-corrected chi connectivity index (χ1v) is 8.87. The number of nitrogens with two attached hydrogens (primary N) is 1. The molecule has 0 unspecified atom stereocenters. The molecule has 1 aromatic heterocycles. The minimum absolute atomic E-state index is 0.0248. The summed E-state index contributed by atoms with van der Waals surface area (Å²) in [5.74, 6) is -1.96. The van der Waals surface area contributed by atoms with Crippen molar-refractivity contribution in [2.24, 2.45) is 5.73 Å². The molecule has 0 bridgehead atoms. The van der Waals surface area contributed by atoms with Crippen molar-refractivity contribution < 1.29 is 27.9 Å². The number of anilines is 2. The smallest absolute Gasteiger partial charge is 0.475 e. The predicted molar refractivity (Wildman–Crippen MR) is 104 cm³/mol. The molecule has 2 aromatic rings. The van der Waals surface area contributed by atoms with Crippen molar-refractivity contribution >= 4 is 34.3 Å². The van der Waals surface area contributed by atoms with Gasteiger partial charge in [0.05, 0.1) is 11.2 Å². The van der Waals surface area contributed by atoms with Crippen LogP contribution in [0.1, 0.15) is 25.7 Å². The Morgan fingerprint density at radius 3 is 2.34 bits per heavy atom. The Hall–Kier alpha value is -2.88. The second-order valence-electron chi connectivity index (χ2n) is 7.18. The van der Waals surface area contributed by atoms with E-state index in [1.165, 1.54) is 0 Å². The third-order valence-corrected chi connectivity index (χ3v) is 4.54. The van der Waals surface area contributed by atoms with Crippen LogP contribution in [0.4, 0.5) is 24.7 Å². The topological polar surface area (TPSA) is 109 Å². The van der Waals surface area contributed by atoms with Crippen LogP contribution in [-0.4, -0.2) is 47.8 Å². The highest BCUT2D eigenvalue weighted by molar-refractivity contribution is 6.02. The van der Waals surface area contributed by atoms with Crippen molar-refractivity contribution in [2.45, 2.75) is 37.4 Å². The summed E-state index contributed by atoms with van der Waals surface area (Å²) in [6.07, 6.45) is -1.73. The molecule has 0 spiro atoms. The first kappa shape index (κ1) is 22.4. The highest BCUT2D eigenvalue weighted by Gasteiger charge is 2.38. The van der Waals surface area contributed by atoms with Crippen LogP contribution in [0, 0.1) is 0 Å². The van der Waals surface area contributed by atoms with E-state index >= 15 is 0 Å². The van der Waals surface area contributed by atoms with Gasteiger partial charge >= 0.3 is 12.1 Å². The number of hydrogen-bond donors (Lipinski definition) is 3. The maximum Gasteiger partial charge on any atom is 0.490 e. The number of hydrogen-bond acceptors (Lipinski definition) is 5. The number of aromatic nitrogens is 1. The number of amides is 1. The summed E-state index contributed by atoms with van der Waals surface area (Å²) in [5.41, 5.74) is 7.52.